The van der Waals surface area contributed by atoms with Gasteiger partial charge in [0.25, 0.3) is 0 Å². The molecule has 1 unspecified atom stereocenters. The monoisotopic (exact) mass is 669 g/mol. The summed E-state index contributed by atoms with van der Waals surface area (Å²) in [5, 5.41) is 9.11. The van der Waals surface area contributed by atoms with Crippen molar-refractivity contribution in [2.45, 2.75) is 108 Å². The fourth-order valence-electron chi connectivity index (χ4n) is 6.11. The van der Waals surface area contributed by atoms with Gasteiger partial charge in [0.2, 0.25) is 11.8 Å². The van der Waals surface area contributed by atoms with Crippen molar-refractivity contribution >= 4 is 37.0 Å². The minimum Gasteiger partial charge on any atom is -0.438 e. The van der Waals surface area contributed by atoms with Crippen molar-refractivity contribution in [2.24, 2.45) is 5.92 Å². The molecule has 1 saturated carbocycles. The number of nitrogens with one attached hydrogen (secondary N) is 3. The van der Waals surface area contributed by atoms with Crippen molar-refractivity contribution < 1.29 is 18.4 Å². The third kappa shape index (κ3) is 9.54. The summed E-state index contributed by atoms with van der Waals surface area (Å²) in [5.74, 6) is 0.567. The van der Waals surface area contributed by atoms with E-state index in [1.54, 1.807) is 24.5 Å². The number of carbonyl (C=O) groups excluding carboxylic acids is 2. The Balaban J connectivity index is 1.47. The first-order valence-electron chi connectivity index (χ1n) is 17.3. The number of benzene rings is 2. The van der Waals surface area contributed by atoms with E-state index >= 15 is 0 Å². The van der Waals surface area contributed by atoms with Crippen LogP contribution in [0, 0.1) is 5.92 Å². The molecule has 0 aliphatic heterocycles. The van der Waals surface area contributed by atoms with Gasteiger partial charge in [-0.15, -0.1) is 0 Å². The lowest BCUT2D eigenvalue weighted by molar-refractivity contribution is -0.125. The molecule has 0 radical (unpaired) electrons. The quantitative estimate of drug-likeness (QED) is 0.123. The number of oxazole rings is 1. The third-order valence-corrected chi connectivity index (χ3v) is 14.4. The summed E-state index contributed by atoms with van der Waals surface area (Å²) in [5.41, 5.74) is 3.14. The van der Waals surface area contributed by atoms with E-state index in [4.69, 9.17) is 13.8 Å². The van der Waals surface area contributed by atoms with Gasteiger partial charge in [-0.1, -0.05) is 95.3 Å². The van der Waals surface area contributed by atoms with Crippen molar-refractivity contribution in [1.82, 2.24) is 20.6 Å². The lowest BCUT2D eigenvalue weighted by Gasteiger charge is -2.41. The number of nitrogens with zero attached hydrogens (tertiary/aromatic N) is 2. The number of rotatable bonds is 13. The summed E-state index contributed by atoms with van der Waals surface area (Å²) >= 11 is 0. The number of urea groups is 1. The SMILES string of the molecule is CC(C)(C)[Si](C)(C)OC(c1nc2ccccc2o1)[C@H](CCc1ccccc1)NC(=O)[C@H](CC1CCCCC1)NC(=O)Nc1cccnc1. The Bertz CT molecular complexity index is 1580. The first-order valence-corrected chi connectivity index (χ1v) is 20.2. The molecular weight excluding hydrogens is 619 g/mol. The predicted octanol–water partition coefficient (Wildman–Crippen LogP) is 8.56. The van der Waals surface area contributed by atoms with Crippen LogP contribution >= 0.6 is 0 Å². The van der Waals surface area contributed by atoms with Crippen LogP contribution in [0.2, 0.25) is 18.1 Å². The van der Waals surface area contributed by atoms with Gasteiger partial charge < -0.3 is 24.8 Å². The molecule has 10 heteroatoms. The molecule has 0 spiro atoms. The smallest absolute Gasteiger partial charge is 0.319 e. The maximum Gasteiger partial charge on any atom is 0.319 e. The van der Waals surface area contributed by atoms with Gasteiger partial charge in [-0.25, -0.2) is 9.78 Å². The second-order valence-corrected chi connectivity index (χ2v) is 19.3. The lowest BCUT2D eigenvalue weighted by atomic mass is 9.84. The number of carbonyl (C=O) groups is 2. The molecule has 3 amide bonds. The molecule has 4 aromatic rings. The molecule has 1 aliphatic carbocycles. The van der Waals surface area contributed by atoms with Gasteiger partial charge in [-0.2, -0.15) is 0 Å². The zero-order chi connectivity index (χ0) is 34.1. The van der Waals surface area contributed by atoms with E-state index in [9.17, 15) is 9.59 Å². The molecule has 1 aliphatic rings. The second kappa shape index (κ2) is 15.9. The number of anilines is 1. The molecule has 2 aromatic carbocycles. The number of aryl methyl sites for hydroxylation is 1. The van der Waals surface area contributed by atoms with Crippen LogP contribution in [0.25, 0.3) is 11.1 Å². The van der Waals surface area contributed by atoms with Crippen molar-refractivity contribution in [3.05, 3.63) is 90.6 Å². The highest BCUT2D eigenvalue weighted by atomic mass is 28.4. The van der Waals surface area contributed by atoms with E-state index in [0.717, 1.165) is 36.8 Å². The highest BCUT2D eigenvalue weighted by Gasteiger charge is 2.43. The first-order chi connectivity index (χ1) is 23.0. The molecule has 0 saturated heterocycles. The molecule has 9 nitrogen and oxygen atoms in total. The maximum absolute atomic E-state index is 14.4. The molecule has 48 heavy (non-hydrogen) atoms. The van der Waals surface area contributed by atoms with Gasteiger partial charge in [0.15, 0.2) is 13.9 Å². The lowest BCUT2D eigenvalue weighted by Crippen LogP contribution is -2.54. The number of hydrogen-bond donors (Lipinski definition) is 3. The number of amides is 3. The first kappa shape index (κ1) is 35.3. The summed E-state index contributed by atoms with van der Waals surface area (Å²) in [6, 6.07) is 19.8. The van der Waals surface area contributed by atoms with Crippen LogP contribution in [0.5, 0.6) is 0 Å². The fourth-order valence-corrected chi connectivity index (χ4v) is 7.36. The molecule has 3 atom stereocenters. The van der Waals surface area contributed by atoms with Gasteiger partial charge in [-0.05, 0) is 73.1 Å². The Morgan fingerprint density at radius 2 is 1.69 bits per heavy atom. The summed E-state index contributed by atoms with van der Waals surface area (Å²) < 4.78 is 13.5. The van der Waals surface area contributed by atoms with Crippen molar-refractivity contribution in [2.75, 3.05) is 5.32 Å². The Morgan fingerprint density at radius 3 is 2.38 bits per heavy atom. The summed E-state index contributed by atoms with van der Waals surface area (Å²) in [4.78, 5) is 36.7. The minimum absolute atomic E-state index is 0.0965. The molecule has 1 fully saturated rings. The molecule has 3 N–H and O–H groups in total. The zero-order valence-electron chi connectivity index (χ0n) is 29.0. The molecule has 5 rings (SSSR count). The van der Waals surface area contributed by atoms with Gasteiger partial charge in [0.1, 0.15) is 17.7 Å². The van der Waals surface area contributed by atoms with Crippen LogP contribution < -0.4 is 16.0 Å². The topological polar surface area (TPSA) is 118 Å². The summed E-state index contributed by atoms with van der Waals surface area (Å²) in [6.07, 6.45) is 10.1. The second-order valence-electron chi connectivity index (χ2n) is 14.6. The van der Waals surface area contributed by atoms with Crippen molar-refractivity contribution in [3.8, 4) is 0 Å². The maximum atomic E-state index is 14.4. The van der Waals surface area contributed by atoms with E-state index in [1.807, 2.05) is 42.5 Å². The predicted molar refractivity (Wildman–Crippen MR) is 193 cm³/mol. The molecule has 2 aromatic heterocycles. The Morgan fingerprint density at radius 1 is 0.958 bits per heavy atom. The molecule has 2 heterocycles. The fraction of sp³-hybridized carbons (Fsp3) is 0.474. The van der Waals surface area contributed by atoms with Crippen molar-refractivity contribution in [1.29, 1.82) is 0 Å². The normalized spacial score (nSPS) is 16.2. The van der Waals surface area contributed by atoms with Crippen LogP contribution in [-0.4, -0.2) is 42.3 Å². The van der Waals surface area contributed by atoms with E-state index in [-0.39, 0.29) is 10.9 Å². The number of pyridine rings is 1. The summed E-state index contributed by atoms with van der Waals surface area (Å²) in [6.45, 7) is 11.0. The van der Waals surface area contributed by atoms with Crippen molar-refractivity contribution in [3.63, 3.8) is 0 Å². The van der Waals surface area contributed by atoms with Crippen LogP contribution in [0.15, 0.2) is 83.5 Å². The average molecular weight is 670 g/mol. The van der Waals surface area contributed by atoms with Crippen LogP contribution in [0.1, 0.15) is 83.3 Å². The van der Waals surface area contributed by atoms with Gasteiger partial charge in [-0.3, -0.25) is 9.78 Å². The largest absolute Gasteiger partial charge is 0.438 e. The standard InChI is InChI=1S/C38H51N5O4Si/c1-38(2,3)48(4,5)47-34(36-42-30-20-12-13-21-33(30)46-36)31(23-22-27-15-8-6-9-16-27)41-35(44)32(25-28-17-10-7-11-18-28)43-37(45)40-29-19-14-24-39-26-29/h6,8-9,12-16,19-21,24,26,28,31-32,34H,7,10-11,17-18,22-23,25H2,1-5H3,(H,41,44)(H2,40,43,45)/t31-,32-,34?/m0/s1. The molecular formula is C38H51N5O4Si. The number of aromatic nitrogens is 2. The van der Waals surface area contributed by atoms with E-state index in [2.05, 4.69) is 66.9 Å². The number of fused-ring (bicyclic) bond motifs is 1. The van der Waals surface area contributed by atoms with Gasteiger partial charge in [0.05, 0.1) is 17.9 Å². The number of hydrogen-bond acceptors (Lipinski definition) is 6. The molecule has 256 valence electrons. The average Bonchev–Trinajstić information content (AvgIpc) is 3.50. The van der Waals surface area contributed by atoms with E-state index in [0.29, 0.717) is 42.3 Å². The highest BCUT2D eigenvalue weighted by molar-refractivity contribution is 6.74. The number of para-hydroxylation sites is 2. The molecule has 0 bridgehead atoms. The summed E-state index contributed by atoms with van der Waals surface area (Å²) in [7, 11) is -2.39. The van der Waals surface area contributed by atoms with Crippen LogP contribution in [0.4, 0.5) is 10.5 Å². The van der Waals surface area contributed by atoms with E-state index in [1.165, 1.54) is 6.42 Å². The van der Waals surface area contributed by atoms with Gasteiger partial charge >= 0.3 is 6.03 Å². The Labute approximate surface area is 285 Å². The van der Waals surface area contributed by atoms with Crippen LogP contribution in [0.3, 0.4) is 0 Å². The van der Waals surface area contributed by atoms with E-state index < -0.39 is 32.5 Å². The third-order valence-electron chi connectivity index (χ3n) is 9.90. The van der Waals surface area contributed by atoms with Crippen LogP contribution in [-0.2, 0) is 15.6 Å². The highest BCUT2D eigenvalue weighted by Crippen LogP contribution is 2.41. The Hall–Kier alpha value is -4.02. The zero-order valence-corrected chi connectivity index (χ0v) is 30.0. The van der Waals surface area contributed by atoms with Gasteiger partial charge in [0, 0.05) is 6.20 Å². The Kier molecular flexibility index (Phi) is 11.7. The minimum atomic E-state index is -2.39.